The summed E-state index contributed by atoms with van der Waals surface area (Å²) in [6, 6.07) is 16.2. The molecule has 4 rings (SSSR count). The molecule has 1 heterocycles. The van der Waals surface area contributed by atoms with Gasteiger partial charge >= 0.3 is 12.1 Å². The number of nitrogens with one attached hydrogen (secondary N) is 1. The molecule has 1 saturated heterocycles. The number of carboxylic acid groups (broad SMARTS) is 1. The van der Waals surface area contributed by atoms with Crippen molar-refractivity contribution in [3.05, 3.63) is 71.3 Å². The molecule has 2 aliphatic rings. The summed E-state index contributed by atoms with van der Waals surface area (Å²) in [7, 11) is 0. The van der Waals surface area contributed by atoms with Crippen LogP contribution >= 0.6 is 0 Å². The van der Waals surface area contributed by atoms with E-state index in [0.29, 0.717) is 18.5 Å². The molecule has 0 radical (unpaired) electrons. The van der Waals surface area contributed by atoms with Crippen molar-refractivity contribution in [1.29, 1.82) is 0 Å². The minimum atomic E-state index is -1.92. The van der Waals surface area contributed by atoms with Crippen LogP contribution in [0.4, 0.5) is 4.79 Å². The molecular formula is C26H28N2O6. The first-order chi connectivity index (χ1) is 16.3. The number of aliphatic carboxylic acids is 1. The highest BCUT2D eigenvalue weighted by atomic mass is 16.5. The van der Waals surface area contributed by atoms with Gasteiger partial charge in [-0.3, -0.25) is 4.79 Å². The van der Waals surface area contributed by atoms with Gasteiger partial charge in [-0.1, -0.05) is 54.6 Å². The molecule has 2 aromatic rings. The van der Waals surface area contributed by atoms with Crippen molar-refractivity contribution < 1.29 is 29.3 Å². The van der Waals surface area contributed by atoms with Gasteiger partial charge in [-0.15, -0.1) is 0 Å². The fraction of sp³-hybridized carbons (Fsp3) is 0.346. The average Bonchev–Trinajstić information content (AvgIpc) is 3.16. The topological polar surface area (TPSA) is 116 Å². The van der Waals surface area contributed by atoms with Crippen molar-refractivity contribution in [3.63, 3.8) is 0 Å². The van der Waals surface area contributed by atoms with Gasteiger partial charge in [0.25, 0.3) is 0 Å². The van der Waals surface area contributed by atoms with Gasteiger partial charge in [0, 0.05) is 24.6 Å². The molecule has 0 spiro atoms. The standard InChI is InChI=1S/C26H28N2O6/c1-17(23(29)28-14-6-12-26(33,16-28)24(30)31)11-13-27-25(32)34-15-22-20-9-4-2-7-18(20)19-8-3-5-10-21(19)22/h2-5,7-11,22,33H,6,12-16H2,1H3,(H,27,32)(H,30,31)/b17-11+. The Labute approximate surface area is 197 Å². The number of benzene rings is 2. The number of nitrogens with zero attached hydrogens (tertiary/aromatic N) is 1. The van der Waals surface area contributed by atoms with Crippen molar-refractivity contribution >= 4 is 18.0 Å². The first kappa shape index (κ1) is 23.5. The summed E-state index contributed by atoms with van der Waals surface area (Å²) < 4.78 is 5.48. The monoisotopic (exact) mass is 464 g/mol. The number of fused-ring (bicyclic) bond motifs is 3. The van der Waals surface area contributed by atoms with E-state index in [2.05, 4.69) is 17.4 Å². The molecule has 8 nitrogen and oxygen atoms in total. The van der Waals surface area contributed by atoms with Crippen molar-refractivity contribution in [1.82, 2.24) is 10.2 Å². The summed E-state index contributed by atoms with van der Waals surface area (Å²) in [5.74, 6) is -1.73. The number of amides is 2. The summed E-state index contributed by atoms with van der Waals surface area (Å²) >= 11 is 0. The second kappa shape index (κ2) is 9.69. The van der Waals surface area contributed by atoms with Crippen LogP contribution < -0.4 is 5.32 Å². The number of hydrogen-bond donors (Lipinski definition) is 3. The Bertz CT molecular complexity index is 1100. The maximum absolute atomic E-state index is 12.6. The quantitative estimate of drug-likeness (QED) is 0.566. The average molecular weight is 465 g/mol. The van der Waals surface area contributed by atoms with Crippen molar-refractivity contribution in [2.75, 3.05) is 26.2 Å². The van der Waals surface area contributed by atoms with Crippen molar-refractivity contribution in [2.45, 2.75) is 31.3 Å². The maximum Gasteiger partial charge on any atom is 0.407 e. The van der Waals surface area contributed by atoms with E-state index in [4.69, 9.17) is 4.74 Å². The smallest absolute Gasteiger partial charge is 0.407 e. The van der Waals surface area contributed by atoms with Crippen LogP contribution in [0.2, 0.25) is 0 Å². The zero-order chi connectivity index (χ0) is 24.3. The first-order valence-corrected chi connectivity index (χ1v) is 11.3. The third-order valence-electron chi connectivity index (χ3n) is 6.49. The molecule has 2 aromatic carbocycles. The van der Waals surface area contributed by atoms with E-state index in [-0.39, 0.29) is 37.9 Å². The number of carbonyl (C=O) groups excluding carboxylic acids is 2. The summed E-state index contributed by atoms with van der Waals surface area (Å²) in [4.78, 5) is 37.5. The van der Waals surface area contributed by atoms with Crippen LogP contribution in [0.1, 0.15) is 36.8 Å². The molecule has 178 valence electrons. The second-order valence-electron chi connectivity index (χ2n) is 8.76. The molecule has 1 unspecified atom stereocenters. The molecule has 0 aromatic heterocycles. The fourth-order valence-corrected chi connectivity index (χ4v) is 4.66. The predicted octanol–water partition coefficient (Wildman–Crippen LogP) is 2.91. The Morgan fingerprint density at radius 3 is 2.35 bits per heavy atom. The highest BCUT2D eigenvalue weighted by Gasteiger charge is 2.41. The number of aliphatic hydroxyl groups is 1. The van der Waals surface area contributed by atoms with E-state index >= 15 is 0 Å². The lowest BCUT2D eigenvalue weighted by Crippen LogP contribution is -2.54. The van der Waals surface area contributed by atoms with Crippen LogP contribution in [0.5, 0.6) is 0 Å². The Morgan fingerprint density at radius 1 is 1.12 bits per heavy atom. The van der Waals surface area contributed by atoms with Gasteiger partial charge in [0.05, 0.1) is 6.54 Å². The molecule has 1 atom stereocenters. The van der Waals surface area contributed by atoms with Crippen molar-refractivity contribution in [2.24, 2.45) is 0 Å². The number of likely N-dealkylation sites (tertiary alicyclic amines) is 1. The molecule has 1 fully saturated rings. The number of alkyl carbamates (subject to hydrolysis) is 1. The van der Waals surface area contributed by atoms with E-state index in [1.165, 1.54) is 4.90 Å². The van der Waals surface area contributed by atoms with Crippen molar-refractivity contribution in [3.8, 4) is 11.1 Å². The van der Waals surface area contributed by atoms with Gasteiger partial charge in [-0.2, -0.15) is 0 Å². The van der Waals surface area contributed by atoms with Gasteiger partial charge in [0.2, 0.25) is 5.91 Å². The number of hydrogen-bond acceptors (Lipinski definition) is 5. The van der Waals surface area contributed by atoms with E-state index in [0.717, 1.165) is 22.3 Å². The van der Waals surface area contributed by atoms with Crippen LogP contribution in [-0.4, -0.2) is 64.9 Å². The normalized spacial score (nSPS) is 19.8. The van der Waals surface area contributed by atoms with Gasteiger partial charge < -0.3 is 25.2 Å². The van der Waals surface area contributed by atoms with Gasteiger partial charge in [-0.25, -0.2) is 9.59 Å². The zero-order valence-corrected chi connectivity index (χ0v) is 19.0. The SMILES string of the molecule is C/C(=C\CNC(=O)OCC1c2ccccc2-c2ccccc21)C(=O)N1CCCC(O)(C(=O)O)C1. The molecule has 0 saturated carbocycles. The van der Waals surface area contributed by atoms with Crippen LogP contribution in [0, 0.1) is 0 Å². The Kier molecular flexibility index (Phi) is 6.70. The number of carboxylic acids is 1. The lowest BCUT2D eigenvalue weighted by Gasteiger charge is -2.36. The number of carbonyl (C=O) groups is 3. The van der Waals surface area contributed by atoms with Crippen LogP contribution in [0.25, 0.3) is 11.1 Å². The lowest BCUT2D eigenvalue weighted by atomic mass is 9.92. The molecule has 1 aliphatic carbocycles. The molecule has 8 heteroatoms. The Balaban J connectivity index is 1.30. The predicted molar refractivity (Wildman–Crippen MR) is 125 cm³/mol. The summed E-state index contributed by atoms with van der Waals surface area (Å²) in [5, 5.41) is 22.0. The Hall–Kier alpha value is -3.65. The second-order valence-corrected chi connectivity index (χ2v) is 8.76. The molecule has 34 heavy (non-hydrogen) atoms. The summed E-state index contributed by atoms with van der Waals surface area (Å²) in [6.45, 7) is 2.00. The lowest BCUT2D eigenvalue weighted by molar-refractivity contribution is -0.165. The molecular weight excluding hydrogens is 436 g/mol. The largest absolute Gasteiger partial charge is 0.479 e. The third kappa shape index (κ3) is 4.68. The van der Waals surface area contributed by atoms with Gasteiger partial charge in [0.1, 0.15) is 6.61 Å². The minimum Gasteiger partial charge on any atom is -0.479 e. The molecule has 0 bridgehead atoms. The fourth-order valence-electron chi connectivity index (χ4n) is 4.66. The first-order valence-electron chi connectivity index (χ1n) is 11.3. The molecule has 2 amide bonds. The number of piperidine rings is 1. The van der Waals surface area contributed by atoms with E-state index in [1.54, 1.807) is 13.0 Å². The number of β-amino-alcohol motifs (C(OH)–C–C–N with tert-alkyl or cyclic N) is 1. The van der Waals surface area contributed by atoms with E-state index in [9.17, 15) is 24.6 Å². The zero-order valence-electron chi connectivity index (χ0n) is 19.0. The van der Waals surface area contributed by atoms with Gasteiger partial charge in [-0.05, 0) is 42.0 Å². The minimum absolute atomic E-state index is 0.0379. The van der Waals surface area contributed by atoms with Crippen LogP contribution in [0.3, 0.4) is 0 Å². The van der Waals surface area contributed by atoms with Gasteiger partial charge in [0.15, 0.2) is 5.60 Å². The highest BCUT2D eigenvalue weighted by Crippen LogP contribution is 2.44. The molecule has 1 aliphatic heterocycles. The van der Waals surface area contributed by atoms with Crippen LogP contribution in [-0.2, 0) is 14.3 Å². The number of rotatable bonds is 6. The van der Waals surface area contributed by atoms with E-state index in [1.807, 2.05) is 36.4 Å². The highest BCUT2D eigenvalue weighted by molar-refractivity contribution is 5.93. The third-order valence-corrected chi connectivity index (χ3v) is 6.49. The molecule has 3 N–H and O–H groups in total. The Morgan fingerprint density at radius 2 is 1.74 bits per heavy atom. The summed E-state index contributed by atoms with van der Waals surface area (Å²) in [5.41, 5.74) is 2.98. The summed E-state index contributed by atoms with van der Waals surface area (Å²) in [6.07, 6.45) is 1.48. The van der Waals surface area contributed by atoms with E-state index < -0.39 is 17.7 Å². The number of ether oxygens (including phenoxy) is 1. The maximum atomic E-state index is 12.6. The van der Waals surface area contributed by atoms with Crippen LogP contribution in [0.15, 0.2) is 60.2 Å².